The summed E-state index contributed by atoms with van der Waals surface area (Å²) in [5, 5.41) is 12.2. The van der Waals surface area contributed by atoms with Crippen LogP contribution in [-0.4, -0.2) is 29.0 Å². The molecular weight excluding hydrogens is 180 g/mol. The van der Waals surface area contributed by atoms with E-state index in [1.807, 2.05) is 0 Å². The molecule has 1 aliphatic heterocycles. The van der Waals surface area contributed by atoms with Gasteiger partial charge in [-0.3, -0.25) is 9.79 Å². The number of carboxylic acids is 1. The van der Waals surface area contributed by atoms with Gasteiger partial charge in [0.25, 0.3) is 0 Å². The molecule has 1 fully saturated rings. The molecule has 0 aromatic heterocycles. The average Bonchev–Trinajstić information content (AvgIpc) is 2.58. The lowest BCUT2D eigenvalue weighted by Crippen LogP contribution is -2.41. The van der Waals surface area contributed by atoms with Crippen LogP contribution in [-0.2, 0) is 4.79 Å². The SMILES string of the molecule is CCC1=NC2CCC(C(=O)O)CC2N1. The zero-order chi connectivity index (χ0) is 10.1. The van der Waals surface area contributed by atoms with Crippen LogP contribution in [0.3, 0.4) is 0 Å². The Bertz CT molecular complexity index is 275. The van der Waals surface area contributed by atoms with E-state index in [4.69, 9.17) is 5.11 Å². The molecular formula is C10H16N2O2. The first-order valence-corrected chi connectivity index (χ1v) is 5.26. The molecule has 0 spiro atoms. The van der Waals surface area contributed by atoms with Gasteiger partial charge in [-0.1, -0.05) is 6.92 Å². The molecule has 0 aromatic rings. The molecule has 3 unspecified atom stereocenters. The van der Waals surface area contributed by atoms with Crippen LogP contribution in [0, 0.1) is 5.92 Å². The van der Waals surface area contributed by atoms with E-state index in [-0.39, 0.29) is 12.0 Å². The highest BCUT2D eigenvalue weighted by Gasteiger charge is 2.36. The monoisotopic (exact) mass is 196 g/mol. The number of nitrogens with zero attached hydrogens (tertiary/aromatic N) is 1. The second-order valence-corrected chi connectivity index (χ2v) is 4.10. The Hall–Kier alpha value is -1.06. The van der Waals surface area contributed by atoms with Crippen molar-refractivity contribution in [2.75, 3.05) is 0 Å². The second kappa shape index (κ2) is 3.59. The van der Waals surface area contributed by atoms with E-state index in [9.17, 15) is 4.79 Å². The molecule has 14 heavy (non-hydrogen) atoms. The van der Waals surface area contributed by atoms with E-state index in [0.717, 1.165) is 31.5 Å². The minimum atomic E-state index is -0.657. The third-order valence-electron chi connectivity index (χ3n) is 3.17. The van der Waals surface area contributed by atoms with Crippen LogP contribution in [0.5, 0.6) is 0 Å². The van der Waals surface area contributed by atoms with Crippen molar-refractivity contribution in [3.8, 4) is 0 Å². The van der Waals surface area contributed by atoms with Crippen molar-refractivity contribution < 1.29 is 9.90 Å². The zero-order valence-corrected chi connectivity index (χ0v) is 8.36. The van der Waals surface area contributed by atoms with Crippen LogP contribution in [0.15, 0.2) is 4.99 Å². The fourth-order valence-corrected chi connectivity index (χ4v) is 2.33. The van der Waals surface area contributed by atoms with Crippen LogP contribution >= 0.6 is 0 Å². The molecule has 2 rings (SSSR count). The maximum atomic E-state index is 10.8. The average molecular weight is 196 g/mol. The summed E-state index contributed by atoms with van der Waals surface area (Å²) in [5.74, 6) is 0.219. The van der Waals surface area contributed by atoms with E-state index in [1.165, 1.54) is 0 Å². The fraction of sp³-hybridized carbons (Fsp3) is 0.800. The lowest BCUT2D eigenvalue weighted by Gasteiger charge is -2.28. The third-order valence-corrected chi connectivity index (χ3v) is 3.17. The normalized spacial score (nSPS) is 35.8. The number of rotatable bonds is 2. The summed E-state index contributed by atoms with van der Waals surface area (Å²) in [7, 11) is 0. The Balaban J connectivity index is 1.99. The third kappa shape index (κ3) is 1.61. The number of aliphatic imine (C=N–C) groups is 1. The van der Waals surface area contributed by atoms with E-state index < -0.39 is 5.97 Å². The lowest BCUT2D eigenvalue weighted by molar-refractivity contribution is -0.143. The summed E-state index contributed by atoms with van der Waals surface area (Å²) in [6, 6.07) is 0.611. The molecule has 0 bridgehead atoms. The predicted molar refractivity (Wildman–Crippen MR) is 53.4 cm³/mol. The number of fused-ring (bicyclic) bond motifs is 1. The van der Waals surface area contributed by atoms with Gasteiger partial charge in [0.05, 0.1) is 23.8 Å². The molecule has 4 heteroatoms. The molecule has 1 saturated carbocycles. The largest absolute Gasteiger partial charge is 0.481 e. The first-order chi connectivity index (χ1) is 6.70. The van der Waals surface area contributed by atoms with Crippen LogP contribution in [0.1, 0.15) is 32.6 Å². The van der Waals surface area contributed by atoms with Crippen molar-refractivity contribution in [1.29, 1.82) is 0 Å². The second-order valence-electron chi connectivity index (χ2n) is 4.10. The van der Waals surface area contributed by atoms with Crippen molar-refractivity contribution in [3.63, 3.8) is 0 Å². The number of hydrogen-bond acceptors (Lipinski definition) is 3. The van der Waals surface area contributed by atoms with E-state index in [0.29, 0.717) is 6.04 Å². The molecule has 1 aliphatic carbocycles. The standard InChI is InChI=1S/C10H16N2O2/c1-2-9-11-7-4-3-6(10(13)14)5-8(7)12-9/h6-8H,2-5H2,1H3,(H,11,12)(H,13,14). The summed E-state index contributed by atoms with van der Waals surface area (Å²) < 4.78 is 0. The van der Waals surface area contributed by atoms with Crippen molar-refractivity contribution in [2.24, 2.45) is 10.9 Å². The number of nitrogens with one attached hydrogen (secondary N) is 1. The molecule has 3 atom stereocenters. The predicted octanol–water partition coefficient (Wildman–Crippen LogP) is 1.02. The Morgan fingerprint density at radius 3 is 3.07 bits per heavy atom. The summed E-state index contributed by atoms with van der Waals surface area (Å²) in [6.45, 7) is 2.07. The Morgan fingerprint density at radius 2 is 2.43 bits per heavy atom. The highest BCUT2D eigenvalue weighted by molar-refractivity contribution is 5.84. The van der Waals surface area contributed by atoms with Gasteiger partial charge in [0, 0.05) is 6.42 Å². The summed E-state index contributed by atoms with van der Waals surface area (Å²) >= 11 is 0. The van der Waals surface area contributed by atoms with Gasteiger partial charge < -0.3 is 10.4 Å². The molecule has 2 N–H and O–H groups in total. The molecule has 78 valence electrons. The Kier molecular flexibility index (Phi) is 2.44. The van der Waals surface area contributed by atoms with Crippen LogP contribution in [0.4, 0.5) is 0 Å². The highest BCUT2D eigenvalue weighted by atomic mass is 16.4. The number of carboxylic acid groups (broad SMARTS) is 1. The van der Waals surface area contributed by atoms with Gasteiger partial charge in [-0.25, -0.2) is 0 Å². The molecule has 0 amide bonds. The smallest absolute Gasteiger partial charge is 0.306 e. The van der Waals surface area contributed by atoms with E-state index >= 15 is 0 Å². The molecule has 0 aromatic carbocycles. The maximum Gasteiger partial charge on any atom is 0.306 e. The highest BCUT2D eigenvalue weighted by Crippen LogP contribution is 2.29. The minimum absolute atomic E-state index is 0.171. The van der Waals surface area contributed by atoms with Crippen molar-refractivity contribution >= 4 is 11.8 Å². The van der Waals surface area contributed by atoms with Gasteiger partial charge in [0.1, 0.15) is 0 Å². The van der Waals surface area contributed by atoms with Gasteiger partial charge in [-0.05, 0) is 19.3 Å². The minimum Gasteiger partial charge on any atom is -0.481 e. The molecule has 2 aliphatic rings. The number of aliphatic carboxylic acids is 1. The number of hydrogen-bond donors (Lipinski definition) is 2. The Labute approximate surface area is 83.4 Å². The molecule has 1 heterocycles. The molecule has 0 radical (unpaired) electrons. The Morgan fingerprint density at radius 1 is 1.64 bits per heavy atom. The van der Waals surface area contributed by atoms with Gasteiger partial charge in [0.2, 0.25) is 0 Å². The number of carbonyl (C=O) groups is 1. The quantitative estimate of drug-likeness (QED) is 0.693. The van der Waals surface area contributed by atoms with Crippen molar-refractivity contribution in [1.82, 2.24) is 5.32 Å². The van der Waals surface area contributed by atoms with Crippen molar-refractivity contribution in [3.05, 3.63) is 0 Å². The van der Waals surface area contributed by atoms with Gasteiger partial charge in [0.15, 0.2) is 0 Å². The summed E-state index contributed by atoms with van der Waals surface area (Å²) in [4.78, 5) is 15.4. The first kappa shape index (κ1) is 9.49. The number of amidine groups is 1. The van der Waals surface area contributed by atoms with Gasteiger partial charge in [-0.2, -0.15) is 0 Å². The van der Waals surface area contributed by atoms with Crippen LogP contribution < -0.4 is 5.32 Å². The fourth-order valence-electron chi connectivity index (χ4n) is 2.33. The maximum absolute atomic E-state index is 10.8. The molecule has 0 saturated heterocycles. The first-order valence-electron chi connectivity index (χ1n) is 5.26. The van der Waals surface area contributed by atoms with Gasteiger partial charge in [-0.15, -0.1) is 0 Å². The van der Waals surface area contributed by atoms with E-state index in [2.05, 4.69) is 17.2 Å². The van der Waals surface area contributed by atoms with Gasteiger partial charge >= 0.3 is 5.97 Å². The lowest BCUT2D eigenvalue weighted by atomic mass is 9.83. The van der Waals surface area contributed by atoms with Crippen molar-refractivity contribution in [2.45, 2.75) is 44.7 Å². The van der Waals surface area contributed by atoms with E-state index in [1.54, 1.807) is 0 Å². The summed E-state index contributed by atoms with van der Waals surface area (Å²) in [6.07, 6.45) is 3.34. The van der Waals surface area contributed by atoms with Crippen LogP contribution in [0.25, 0.3) is 0 Å². The zero-order valence-electron chi connectivity index (χ0n) is 8.36. The van der Waals surface area contributed by atoms with Crippen LogP contribution in [0.2, 0.25) is 0 Å². The molecule has 4 nitrogen and oxygen atoms in total. The topological polar surface area (TPSA) is 61.7 Å². The summed E-state index contributed by atoms with van der Waals surface area (Å²) in [5.41, 5.74) is 0.